The third-order valence-electron chi connectivity index (χ3n) is 4.90. The minimum absolute atomic E-state index is 0.0204. The molecule has 0 aromatic heterocycles. The fraction of sp³-hybridized carbons (Fsp3) is 0.350. The number of benzene rings is 2. The van der Waals surface area contributed by atoms with Gasteiger partial charge in [-0.05, 0) is 38.3 Å². The molecular formula is C20H24N3O3+. The second-order valence-electron chi connectivity index (χ2n) is 6.86. The van der Waals surface area contributed by atoms with Crippen LogP contribution in [0, 0.1) is 17.0 Å². The Morgan fingerprint density at radius 3 is 2.46 bits per heavy atom. The molecule has 1 aliphatic heterocycles. The van der Waals surface area contributed by atoms with Crippen molar-refractivity contribution in [3.63, 3.8) is 0 Å². The van der Waals surface area contributed by atoms with Gasteiger partial charge in [-0.3, -0.25) is 14.9 Å². The average molecular weight is 354 g/mol. The lowest BCUT2D eigenvalue weighted by Gasteiger charge is -2.30. The van der Waals surface area contributed by atoms with Crippen molar-refractivity contribution in [2.75, 3.05) is 18.4 Å². The summed E-state index contributed by atoms with van der Waals surface area (Å²) in [5.74, 6) is -0.119. The Balaban J connectivity index is 1.89. The fourth-order valence-corrected chi connectivity index (χ4v) is 3.54. The highest BCUT2D eigenvalue weighted by Gasteiger charge is 2.33. The number of hydrogen-bond donors (Lipinski definition) is 2. The van der Waals surface area contributed by atoms with Crippen LogP contribution in [-0.4, -0.2) is 23.9 Å². The SMILES string of the molecule is Cc1ccc(NC(=O)[C@H](c2cccc([N+](=O)[O-])c2)[NH+]2CCCCC2)cc1. The first-order valence-corrected chi connectivity index (χ1v) is 9.01. The molecule has 1 saturated heterocycles. The second kappa shape index (κ2) is 8.10. The van der Waals surface area contributed by atoms with Gasteiger partial charge in [-0.25, -0.2) is 0 Å². The third-order valence-corrected chi connectivity index (χ3v) is 4.90. The van der Waals surface area contributed by atoms with E-state index in [2.05, 4.69) is 5.32 Å². The quantitative estimate of drug-likeness (QED) is 0.640. The number of nitro groups is 1. The number of carbonyl (C=O) groups is 1. The van der Waals surface area contributed by atoms with Gasteiger partial charge < -0.3 is 10.2 Å². The number of likely N-dealkylation sites (tertiary alicyclic amines) is 1. The van der Waals surface area contributed by atoms with Crippen molar-refractivity contribution in [2.45, 2.75) is 32.2 Å². The molecule has 2 aromatic rings. The number of nitro benzene ring substituents is 1. The molecule has 2 aromatic carbocycles. The lowest BCUT2D eigenvalue weighted by molar-refractivity contribution is -0.926. The molecule has 136 valence electrons. The van der Waals surface area contributed by atoms with Gasteiger partial charge in [0.15, 0.2) is 6.04 Å². The smallest absolute Gasteiger partial charge is 0.287 e. The molecule has 0 saturated carbocycles. The molecular weight excluding hydrogens is 330 g/mol. The maximum absolute atomic E-state index is 13.1. The number of nitrogens with one attached hydrogen (secondary N) is 2. The van der Waals surface area contributed by atoms with Gasteiger partial charge in [-0.2, -0.15) is 0 Å². The van der Waals surface area contributed by atoms with E-state index in [4.69, 9.17) is 0 Å². The van der Waals surface area contributed by atoms with Gasteiger partial charge in [0.1, 0.15) is 0 Å². The molecule has 0 unspecified atom stereocenters. The molecule has 6 heteroatoms. The van der Waals surface area contributed by atoms with E-state index in [9.17, 15) is 14.9 Å². The van der Waals surface area contributed by atoms with Crippen LogP contribution < -0.4 is 10.2 Å². The Labute approximate surface area is 153 Å². The van der Waals surface area contributed by atoms with E-state index >= 15 is 0 Å². The summed E-state index contributed by atoms with van der Waals surface area (Å²) in [4.78, 5) is 25.0. The molecule has 1 amide bonds. The summed E-state index contributed by atoms with van der Waals surface area (Å²) in [6.07, 6.45) is 3.31. The summed E-state index contributed by atoms with van der Waals surface area (Å²) in [6.45, 7) is 3.79. The monoisotopic (exact) mass is 354 g/mol. The number of carbonyl (C=O) groups excluding carboxylic acids is 1. The number of rotatable bonds is 5. The molecule has 3 rings (SSSR count). The van der Waals surface area contributed by atoms with Crippen LogP contribution in [-0.2, 0) is 4.79 Å². The number of aryl methyl sites for hydroxylation is 1. The van der Waals surface area contributed by atoms with Crippen LogP contribution in [0.25, 0.3) is 0 Å². The van der Waals surface area contributed by atoms with Crippen LogP contribution >= 0.6 is 0 Å². The second-order valence-corrected chi connectivity index (χ2v) is 6.86. The molecule has 1 atom stereocenters. The van der Waals surface area contributed by atoms with Gasteiger partial charge in [0.05, 0.1) is 18.0 Å². The third kappa shape index (κ3) is 4.26. The van der Waals surface area contributed by atoms with Crippen LogP contribution in [0.5, 0.6) is 0 Å². The predicted octanol–water partition coefficient (Wildman–Crippen LogP) is 2.65. The van der Waals surface area contributed by atoms with Gasteiger partial charge in [-0.1, -0.05) is 29.8 Å². The molecule has 26 heavy (non-hydrogen) atoms. The molecule has 1 aliphatic rings. The Morgan fingerprint density at radius 2 is 1.81 bits per heavy atom. The normalized spacial score (nSPS) is 16.0. The zero-order valence-electron chi connectivity index (χ0n) is 14.9. The Kier molecular flexibility index (Phi) is 5.63. The van der Waals surface area contributed by atoms with Crippen LogP contribution in [0.1, 0.15) is 36.4 Å². The number of piperidine rings is 1. The summed E-state index contributed by atoms with van der Waals surface area (Å²) in [5.41, 5.74) is 2.58. The molecule has 1 heterocycles. The van der Waals surface area contributed by atoms with Crippen molar-refractivity contribution < 1.29 is 14.6 Å². The van der Waals surface area contributed by atoms with Crippen LogP contribution in [0.4, 0.5) is 11.4 Å². The van der Waals surface area contributed by atoms with Gasteiger partial charge in [0.2, 0.25) is 0 Å². The first-order valence-electron chi connectivity index (χ1n) is 9.01. The topological polar surface area (TPSA) is 76.7 Å². The van der Waals surface area contributed by atoms with E-state index in [1.165, 1.54) is 23.5 Å². The first kappa shape index (κ1) is 18.1. The predicted molar refractivity (Wildman–Crippen MR) is 100 cm³/mol. The van der Waals surface area contributed by atoms with Crippen molar-refractivity contribution in [3.05, 3.63) is 69.8 Å². The maximum Gasteiger partial charge on any atom is 0.287 e. The molecule has 6 nitrogen and oxygen atoms in total. The van der Waals surface area contributed by atoms with E-state index < -0.39 is 11.0 Å². The van der Waals surface area contributed by atoms with Gasteiger partial charge in [0, 0.05) is 23.4 Å². The minimum atomic E-state index is -0.448. The van der Waals surface area contributed by atoms with Crippen LogP contribution in [0.15, 0.2) is 48.5 Å². The lowest BCUT2D eigenvalue weighted by atomic mass is 10.00. The fourth-order valence-electron chi connectivity index (χ4n) is 3.54. The number of amides is 1. The van der Waals surface area contributed by atoms with Crippen LogP contribution in [0.3, 0.4) is 0 Å². The summed E-state index contributed by atoms with van der Waals surface area (Å²) in [6, 6.07) is 13.7. The minimum Gasteiger partial charge on any atom is -0.321 e. The number of quaternary nitrogens is 1. The summed E-state index contributed by atoms with van der Waals surface area (Å²) in [5, 5.41) is 14.1. The van der Waals surface area contributed by atoms with E-state index in [0.29, 0.717) is 5.56 Å². The van der Waals surface area contributed by atoms with Crippen molar-refractivity contribution in [3.8, 4) is 0 Å². The molecule has 0 spiro atoms. The van der Waals surface area contributed by atoms with Crippen LogP contribution in [0.2, 0.25) is 0 Å². The highest BCUT2D eigenvalue weighted by Crippen LogP contribution is 2.20. The number of non-ortho nitro benzene ring substituents is 1. The Morgan fingerprint density at radius 1 is 1.12 bits per heavy atom. The number of hydrogen-bond acceptors (Lipinski definition) is 3. The molecule has 0 aliphatic carbocycles. The van der Waals surface area contributed by atoms with E-state index in [1.54, 1.807) is 6.07 Å². The van der Waals surface area contributed by atoms with Crippen molar-refractivity contribution in [1.82, 2.24) is 0 Å². The summed E-state index contributed by atoms with van der Waals surface area (Å²) < 4.78 is 0. The first-order chi connectivity index (χ1) is 12.5. The Bertz CT molecular complexity index is 783. The lowest BCUT2D eigenvalue weighted by Crippen LogP contribution is -3.14. The van der Waals surface area contributed by atoms with Crippen molar-refractivity contribution in [1.29, 1.82) is 0 Å². The zero-order chi connectivity index (χ0) is 18.5. The number of nitrogens with zero attached hydrogens (tertiary/aromatic N) is 1. The summed E-state index contributed by atoms with van der Waals surface area (Å²) in [7, 11) is 0. The van der Waals surface area contributed by atoms with Gasteiger partial charge in [0.25, 0.3) is 11.6 Å². The highest BCUT2D eigenvalue weighted by atomic mass is 16.6. The zero-order valence-corrected chi connectivity index (χ0v) is 14.9. The standard InChI is InChI=1S/C20H23N3O3/c1-15-8-10-17(11-9-15)21-20(24)19(22-12-3-2-4-13-22)16-6-5-7-18(14-16)23(25)26/h5-11,14,19H,2-4,12-13H2,1H3,(H,21,24)/p+1/t19-/m0/s1. The van der Waals surface area contributed by atoms with E-state index in [1.807, 2.05) is 37.3 Å². The largest absolute Gasteiger partial charge is 0.321 e. The van der Waals surface area contributed by atoms with E-state index in [0.717, 1.165) is 37.2 Å². The van der Waals surface area contributed by atoms with E-state index in [-0.39, 0.29) is 11.6 Å². The van der Waals surface area contributed by atoms with Gasteiger partial charge in [-0.15, -0.1) is 0 Å². The summed E-state index contributed by atoms with van der Waals surface area (Å²) >= 11 is 0. The van der Waals surface area contributed by atoms with Crippen molar-refractivity contribution in [2.24, 2.45) is 0 Å². The highest BCUT2D eigenvalue weighted by molar-refractivity contribution is 5.94. The number of anilines is 1. The van der Waals surface area contributed by atoms with Crippen molar-refractivity contribution >= 4 is 17.3 Å². The molecule has 1 fully saturated rings. The Hall–Kier alpha value is -2.73. The van der Waals surface area contributed by atoms with Gasteiger partial charge >= 0.3 is 0 Å². The molecule has 0 radical (unpaired) electrons. The molecule has 2 N–H and O–H groups in total. The molecule has 0 bridgehead atoms. The maximum atomic E-state index is 13.1. The average Bonchev–Trinajstić information content (AvgIpc) is 2.65.